The monoisotopic (exact) mass is 246 g/mol. The lowest BCUT2D eigenvalue weighted by molar-refractivity contribution is 0.311. The first-order valence-corrected chi connectivity index (χ1v) is 7.26. The van der Waals surface area contributed by atoms with Gasteiger partial charge >= 0.3 is 0 Å². The zero-order valence-electron chi connectivity index (χ0n) is 11.9. The number of nitrogens with one attached hydrogen (secondary N) is 1. The molecule has 100 valence electrons. The van der Waals surface area contributed by atoms with Gasteiger partial charge in [-0.1, -0.05) is 33.3 Å². The quantitative estimate of drug-likeness (QED) is 0.861. The van der Waals surface area contributed by atoms with E-state index in [9.17, 15) is 0 Å². The summed E-state index contributed by atoms with van der Waals surface area (Å²) in [7, 11) is 0. The molecule has 1 aliphatic rings. The molecule has 0 aliphatic heterocycles. The molecule has 2 rings (SSSR count). The first kappa shape index (κ1) is 13.5. The number of pyridine rings is 1. The number of nitrogens with zero attached hydrogens (tertiary/aromatic N) is 1. The molecule has 1 N–H and O–H groups in total. The molecule has 1 heterocycles. The second-order valence-corrected chi connectivity index (χ2v) is 6.22. The van der Waals surface area contributed by atoms with Crippen LogP contribution in [0.3, 0.4) is 0 Å². The predicted octanol–water partition coefficient (Wildman–Crippen LogP) is 3.39. The smallest absolute Gasteiger partial charge is 0.0306 e. The summed E-state index contributed by atoms with van der Waals surface area (Å²) in [4.78, 5) is 4.32. The van der Waals surface area contributed by atoms with Crippen molar-refractivity contribution in [2.75, 3.05) is 13.1 Å². The highest BCUT2D eigenvalue weighted by Crippen LogP contribution is 2.44. The minimum atomic E-state index is 0.309. The van der Waals surface area contributed by atoms with Crippen molar-refractivity contribution in [3.8, 4) is 0 Å². The fourth-order valence-electron chi connectivity index (χ4n) is 3.28. The number of aromatic nitrogens is 1. The van der Waals surface area contributed by atoms with Crippen LogP contribution in [0.2, 0.25) is 0 Å². The summed E-state index contributed by atoms with van der Waals surface area (Å²) in [6, 6.07) is 4.33. The molecule has 0 aromatic carbocycles. The van der Waals surface area contributed by atoms with Gasteiger partial charge in [0.2, 0.25) is 0 Å². The molecule has 0 saturated heterocycles. The predicted molar refractivity (Wildman–Crippen MR) is 76.6 cm³/mol. The molecule has 1 aliphatic carbocycles. The normalized spacial score (nSPS) is 27.9. The molecule has 0 amide bonds. The molecule has 1 saturated carbocycles. The van der Waals surface area contributed by atoms with Crippen molar-refractivity contribution in [1.29, 1.82) is 0 Å². The Labute approximate surface area is 111 Å². The second-order valence-electron chi connectivity index (χ2n) is 6.22. The zero-order valence-corrected chi connectivity index (χ0v) is 11.9. The second kappa shape index (κ2) is 5.83. The van der Waals surface area contributed by atoms with Crippen molar-refractivity contribution in [2.24, 2.45) is 11.8 Å². The third-order valence-electron chi connectivity index (χ3n) is 4.43. The minimum Gasteiger partial charge on any atom is -0.316 e. The van der Waals surface area contributed by atoms with Crippen LogP contribution in [0.15, 0.2) is 24.5 Å². The van der Waals surface area contributed by atoms with Crippen LogP contribution in [0.25, 0.3) is 0 Å². The van der Waals surface area contributed by atoms with E-state index in [1.807, 2.05) is 6.20 Å². The van der Waals surface area contributed by atoms with Crippen molar-refractivity contribution in [1.82, 2.24) is 10.3 Å². The molecule has 2 unspecified atom stereocenters. The van der Waals surface area contributed by atoms with Gasteiger partial charge in [0.05, 0.1) is 0 Å². The maximum atomic E-state index is 4.32. The lowest BCUT2D eigenvalue weighted by atomic mass is 9.73. The summed E-state index contributed by atoms with van der Waals surface area (Å²) < 4.78 is 0. The standard InChI is InChI=1S/C16H26N2/c1-13(2)10-18-12-16(8-4-6-14(16)3)15-7-5-9-17-11-15/h5,7,9,11,13-14,18H,4,6,8,10,12H2,1-3H3. The Bertz CT molecular complexity index is 361. The van der Waals surface area contributed by atoms with E-state index in [0.29, 0.717) is 11.3 Å². The third-order valence-corrected chi connectivity index (χ3v) is 4.43. The van der Waals surface area contributed by atoms with E-state index in [-0.39, 0.29) is 0 Å². The highest BCUT2D eigenvalue weighted by Gasteiger charge is 2.41. The van der Waals surface area contributed by atoms with E-state index in [0.717, 1.165) is 19.0 Å². The lowest BCUT2D eigenvalue weighted by Gasteiger charge is -2.35. The third kappa shape index (κ3) is 2.74. The zero-order chi connectivity index (χ0) is 13.0. The maximum absolute atomic E-state index is 4.32. The summed E-state index contributed by atoms with van der Waals surface area (Å²) >= 11 is 0. The van der Waals surface area contributed by atoms with Gasteiger partial charge in [0.25, 0.3) is 0 Å². The molecule has 0 spiro atoms. The van der Waals surface area contributed by atoms with E-state index in [1.54, 1.807) is 0 Å². The van der Waals surface area contributed by atoms with Gasteiger partial charge in [-0.15, -0.1) is 0 Å². The van der Waals surface area contributed by atoms with Crippen molar-refractivity contribution in [3.63, 3.8) is 0 Å². The number of hydrogen-bond donors (Lipinski definition) is 1. The van der Waals surface area contributed by atoms with Crippen molar-refractivity contribution >= 4 is 0 Å². The van der Waals surface area contributed by atoms with Crippen molar-refractivity contribution in [2.45, 2.75) is 45.4 Å². The molecular weight excluding hydrogens is 220 g/mol. The van der Waals surface area contributed by atoms with Crippen LogP contribution in [0.4, 0.5) is 0 Å². The van der Waals surface area contributed by atoms with Gasteiger partial charge in [0.15, 0.2) is 0 Å². The van der Waals surface area contributed by atoms with Gasteiger partial charge < -0.3 is 5.32 Å². The van der Waals surface area contributed by atoms with Crippen LogP contribution in [0.5, 0.6) is 0 Å². The fraction of sp³-hybridized carbons (Fsp3) is 0.688. The van der Waals surface area contributed by atoms with Gasteiger partial charge in [0, 0.05) is 24.4 Å². The molecule has 2 heteroatoms. The first-order valence-electron chi connectivity index (χ1n) is 7.26. The summed E-state index contributed by atoms with van der Waals surface area (Å²) in [5.41, 5.74) is 1.73. The van der Waals surface area contributed by atoms with Crippen LogP contribution in [0.1, 0.15) is 45.6 Å². The molecule has 1 aromatic rings. The number of rotatable bonds is 5. The topological polar surface area (TPSA) is 24.9 Å². The van der Waals surface area contributed by atoms with Crippen LogP contribution < -0.4 is 5.32 Å². The highest BCUT2D eigenvalue weighted by atomic mass is 14.9. The SMILES string of the molecule is CC(C)CNCC1(c2cccnc2)CCCC1C. The Morgan fingerprint density at radius 1 is 1.50 bits per heavy atom. The number of hydrogen-bond acceptors (Lipinski definition) is 2. The van der Waals surface area contributed by atoms with E-state index in [4.69, 9.17) is 0 Å². The van der Waals surface area contributed by atoms with Gasteiger partial charge in [0.1, 0.15) is 0 Å². The molecule has 18 heavy (non-hydrogen) atoms. The lowest BCUT2D eigenvalue weighted by Crippen LogP contribution is -2.41. The fourth-order valence-corrected chi connectivity index (χ4v) is 3.28. The van der Waals surface area contributed by atoms with Crippen molar-refractivity contribution < 1.29 is 0 Å². The van der Waals surface area contributed by atoms with E-state index < -0.39 is 0 Å². The molecule has 2 nitrogen and oxygen atoms in total. The van der Waals surface area contributed by atoms with E-state index in [2.05, 4.69) is 49.4 Å². The molecule has 1 fully saturated rings. The summed E-state index contributed by atoms with van der Waals surface area (Å²) in [5.74, 6) is 1.47. The molecule has 2 atom stereocenters. The van der Waals surface area contributed by atoms with Gasteiger partial charge in [-0.25, -0.2) is 0 Å². The summed E-state index contributed by atoms with van der Waals surface area (Å²) in [6.07, 6.45) is 7.93. The molecular formula is C16H26N2. The van der Waals surface area contributed by atoms with Gasteiger partial charge in [-0.3, -0.25) is 4.98 Å². The Kier molecular flexibility index (Phi) is 4.39. The van der Waals surface area contributed by atoms with Crippen LogP contribution in [0, 0.1) is 11.8 Å². The Balaban J connectivity index is 2.14. The largest absolute Gasteiger partial charge is 0.316 e. The average molecular weight is 246 g/mol. The van der Waals surface area contributed by atoms with Gasteiger partial charge in [-0.05, 0) is 42.9 Å². The minimum absolute atomic E-state index is 0.309. The Hall–Kier alpha value is -0.890. The highest BCUT2D eigenvalue weighted by molar-refractivity contribution is 5.25. The molecule has 0 bridgehead atoms. The molecule has 1 aromatic heterocycles. The van der Waals surface area contributed by atoms with E-state index >= 15 is 0 Å². The summed E-state index contributed by atoms with van der Waals surface area (Å²) in [5, 5.41) is 3.67. The van der Waals surface area contributed by atoms with Crippen molar-refractivity contribution in [3.05, 3.63) is 30.1 Å². The summed E-state index contributed by atoms with van der Waals surface area (Å²) in [6.45, 7) is 9.13. The Morgan fingerprint density at radius 3 is 2.89 bits per heavy atom. The van der Waals surface area contributed by atoms with E-state index in [1.165, 1.54) is 24.8 Å². The van der Waals surface area contributed by atoms with Gasteiger partial charge in [-0.2, -0.15) is 0 Å². The molecule has 0 radical (unpaired) electrons. The average Bonchev–Trinajstić information content (AvgIpc) is 2.73. The van der Waals surface area contributed by atoms with Crippen LogP contribution in [-0.2, 0) is 5.41 Å². The van der Waals surface area contributed by atoms with Crippen LogP contribution in [-0.4, -0.2) is 18.1 Å². The van der Waals surface area contributed by atoms with Crippen LogP contribution >= 0.6 is 0 Å². The first-order chi connectivity index (χ1) is 8.65. The maximum Gasteiger partial charge on any atom is 0.0306 e. The Morgan fingerprint density at radius 2 is 2.33 bits per heavy atom.